The minimum Gasteiger partial charge on any atom is -0.488 e. The molecule has 0 N–H and O–H groups in total. The highest BCUT2D eigenvalue weighted by molar-refractivity contribution is 5.79. The highest BCUT2D eigenvalue weighted by atomic mass is 16.5. The van der Waals surface area contributed by atoms with Crippen LogP contribution in [-0.4, -0.2) is 6.29 Å². The predicted molar refractivity (Wildman–Crippen MR) is 76.8 cm³/mol. The lowest BCUT2D eigenvalue weighted by Crippen LogP contribution is -2.00. The lowest BCUT2D eigenvalue weighted by molar-refractivity contribution is 0.111. The van der Waals surface area contributed by atoms with Gasteiger partial charge in [-0.2, -0.15) is 5.26 Å². The van der Waals surface area contributed by atoms with Crippen molar-refractivity contribution >= 4 is 6.29 Å². The van der Waals surface area contributed by atoms with Gasteiger partial charge in [0.1, 0.15) is 12.4 Å². The van der Waals surface area contributed by atoms with Crippen LogP contribution in [0.15, 0.2) is 36.4 Å². The summed E-state index contributed by atoms with van der Waals surface area (Å²) < 4.78 is 5.71. The lowest BCUT2D eigenvalue weighted by Gasteiger charge is -2.11. The number of rotatable bonds is 4. The molecule has 0 radical (unpaired) electrons. The second-order valence-electron chi connectivity index (χ2n) is 4.70. The quantitative estimate of drug-likeness (QED) is 0.794. The maximum Gasteiger partial charge on any atom is 0.153 e. The summed E-state index contributed by atoms with van der Waals surface area (Å²) in [6, 6.07) is 13.1. The summed E-state index contributed by atoms with van der Waals surface area (Å²) in [4.78, 5) is 11.0. The Morgan fingerprint density at radius 2 is 2.00 bits per heavy atom. The van der Waals surface area contributed by atoms with Crippen LogP contribution in [0.25, 0.3) is 0 Å². The van der Waals surface area contributed by atoms with Crippen molar-refractivity contribution in [3.63, 3.8) is 0 Å². The average molecular weight is 265 g/mol. The zero-order valence-corrected chi connectivity index (χ0v) is 11.5. The van der Waals surface area contributed by atoms with Gasteiger partial charge in [0.15, 0.2) is 6.29 Å². The molecule has 0 amide bonds. The fraction of sp³-hybridized carbons (Fsp3) is 0.176. The molecule has 3 heteroatoms. The Morgan fingerprint density at radius 1 is 1.20 bits per heavy atom. The molecular weight excluding hydrogens is 250 g/mol. The molecule has 0 aliphatic heterocycles. The molecule has 0 atom stereocenters. The van der Waals surface area contributed by atoms with Crippen LogP contribution in [0.5, 0.6) is 5.75 Å². The van der Waals surface area contributed by atoms with E-state index in [0.29, 0.717) is 23.5 Å². The number of ether oxygens (including phenoxy) is 1. The Bertz CT molecular complexity index is 684. The van der Waals surface area contributed by atoms with Crippen LogP contribution in [-0.2, 0) is 6.61 Å². The molecule has 100 valence electrons. The van der Waals surface area contributed by atoms with E-state index in [1.54, 1.807) is 18.2 Å². The third-order valence-corrected chi connectivity index (χ3v) is 3.15. The van der Waals surface area contributed by atoms with E-state index in [4.69, 9.17) is 10.00 Å². The Hall–Kier alpha value is -2.60. The largest absolute Gasteiger partial charge is 0.488 e. The van der Waals surface area contributed by atoms with E-state index >= 15 is 0 Å². The lowest BCUT2D eigenvalue weighted by atomic mass is 10.1. The normalized spacial score (nSPS) is 9.85. The second-order valence-corrected chi connectivity index (χ2v) is 4.70. The first-order chi connectivity index (χ1) is 9.63. The highest BCUT2D eigenvalue weighted by Crippen LogP contribution is 2.20. The molecule has 20 heavy (non-hydrogen) atoms. The van der Waals surface area contributed by atoms with Gasteiger partial charge in [0, 0.05) is 0 Å². The number of carbonyl (C=O) groups is 1. The van der Waals surface area contributed by atoms with Crippen molar-refractivity contribution in [2.45, 2.75) is 20.5 Å². The van der Waals surface area contributed by atoms with Gasteiger partial charge in [-0.3, -0.25) is 4.79 Å². The summed E-state index contributed by atoms with van der Waals surface area (Å²) in [5, 5.41) is 8.84. The maximum absolute atomic E-state index is 11.0. The summed E-state index contributed by atoms with van der Waals surface area (Å²) in [6.45, 7) is 4.25. The average Bonchev–Trinajstić information content (AvgIpc) is 2.46. The van der Waals surface area contributed by atoms with E-state index in [0.717, 1.165) is 23.0 Å². The van der Waals surface area contributed by atoms with Gasteiger partial charge < -0.3 is 4.74 Å². The Kier molecular flexibility index (Phi) is 4.17. The van der Waals surface area contributed by atoms with E-state index in [1.165, 1.54) is 0 Å². The van der Waals surface area contributed by atoms with Gasteiger partial charge >= 0.3 is 0 Å². The predicted octanol–water partition coefficient (Wildman–Crippen LogP) is 3.57. The molecule has 0 aliphatic rings. The Labute approximate surface area is 118 Å². The van der Waals surface area contributed by atoms with Gasteiger partial charge in [0.25, 0.3) is 0 Å². The molecule has 0 spiro atoms. The minimum absolute atomic E-state index is 0.376. The number of carbonyl (C=O) groups excluding carboxylic acids is 1. The number of hydrogen-bond acceptors (Lipinski definition) is 3. The number of hydrogen-bond donors (Lipinski definition) is 0. The van der Waals surface area contributed by atoms with Crippen molar-refractivity contribution in [3.05, 3.63) is 64.2 Å². The van der Waals surface area contributed by atoms with Crippen molar-refractivity contribution in [2.75, 3.05) is 0 Å². The van der Waals surface area contributed by atoms with Crippen LogP contribution >= 0.6 is 0 Å². The number of nitrogens with zero attached hydrogens (tertiary/aromatic N) is 1. The summed E-state index contributed by atoms with van der Waals surface area (Å²) in [7, 11) is 0. The zero-order valence-electron chi connectivity index (χ0n) is 11.5. The zero-order chi connectivity index (χ0) is 14.5. The SMILES string of the molecule is Cc1ccc(OCc2ccc(C#N)cc2C)c(C=O)c1. The van der Waals surface area contributed by atoms with Crippen molar-refractivity contribution in [2.24, 2.45) is 0 Å². The molecule has 2 rings (SSSR count). The van der Waals surface area contributed by atoms with Crippen LogP contribution in [0.1, 0.15) is 32.6 Å². The van der Waals surface area contributed by atoms with E-state index < -0.39 is 0 Å². The van der Waals surface area contributed by atoms with E-state index in [2.05, 4.69) is 6.07 Å². The van der Waals surface area contributed by atoms with Crippen LogP contribution < -0.4 is 4.74 Å². The first-order valence-corrected chi connectivity index (χ1v) is 6.32. The molecule has 0 saturated heterocycles. The molecule has 2 aromatic carbocycles. The van der Waals surface area contributed by atoms with Gasteiger partial charge in [-0.25, -0.2) is 0 Å². The van der Waals surface area contributed by atoms with Gasteiger partial charge in [-0.15, -0.1) is 0 Å². The van der Waals surface area contributed by atoms with Gasteiger partial charge in [0.05, 0.1) is 17.2 Å². The number of aldehydes is 1. The third kappa shape index (κ3) is 3.04. The van der Waals surface area contributed by atoms with Gasteiger partial charge in [-0.1, -0.05) is 17.7 Å². The third-order valence-electron chi connectivity index (χ3n) is 3.15. The molecule has 3 nitrogen and oxygen atoms in total. The smallest absolute Gasteiger partial charge is 0.153 e. The van der Waals surface area contributed by atoms with Crippen LogP contribution in [0.3, 0.4) is 0 Å². The first kappa shape index (κ1) is 13.8. The van der Waals surface area contributed by atoms with Crippen molar-refractivity contribution < 1.29 is 9.53 Å². The molecule has 0 aliphatic carbocycles. The summed E-state index contributed by atoms with van der Waals surface area (Å²) >= 11 is 0. The second kappa shape index (κ2) is 6.03. The molecular formula is C17H15NO2. The van der Waals surface area contributed by atoms with E-state index in [-0.39, 0.29) is 0 Å². The topological polar surface area (TPSA) is 50.1 Å². The van der Waals surface area contributed by atoms with Crippen molar-refractivity contribution in [1.29, 1.82) is 5.26 Å². The number of benzene rings is 2. The van der Waals surface area contributed by atoms with Crippen LogP contribution in [0, 0.1) is 25.2 Å². The summed E-state index contributed by atoms with van der Waals surface area (Å²) in [5.41, 5.74) is 4.21. The van der Waals surface area contributed by atoms with Gasteiger partial charge in [-0.05, 0) is 49.2 Å². The first-order valence-electron chi connectivity index (χ1n) is 6.32. The Morgan fingerprint density at radius 3 is 2.65 bits per heavy atom. The molecule has 0 fully saturated rings. The van der Waals surface area contributed by atoms with E-state index in [9.17, 15) is 4.79 Å². The minimum atomic E-state index is 0.376. The van der Waals surface area contributed by atoms with Gasteiger partial charge in [0.2, 0.25) is 0 Å². The standard InChI is InChI=1S/C17H15NO2/c1-12-3-6-17(16(7-12)10-19)20-11-15-5-4-14(9-18)8-13(15)2/h3-8,10H,11H2,1-2H3. The number of nitriles is 1. The molecule has 0 bridgehead atoms. The fourth-order valence-electron chi connectivity index (χ4n) is 1.97. The highest BCUT2D eigenvalue weighted by Gasteiger charge is 2.05. The van der Waals surface area contributed by atoms with Crippen LogP contribution in [0.4, 0.5) is 0 Å². The summed E-state index contributed by atoms with van der Waals surface area (Å²) in [6.07, 6.45) is 0.800. The molecule has 0 aromatic heterocycles. The maximum atomic E-state index is 11.0. The fourth-order valence-corrected chi connectivity index (χ4v) is 1.97. The Balaban J connectivity index is 2.17. The number of aryl methyl sites for hydroxylation is 2. The van der Waals surface area contributed by atoms with E-state index in [1.807, 2.05) is 32.0 Å². The van der Waals surface area contributed by atoms with Crippen molar-refractivity contribution in [3.8, 4) is 11.8 Å². The molecule has 0 heterocycles. The van der Waals surface area contributed by atoms with Crippen molar-refractivity contribution in [1.82, 2.24) is 0 Å². The van der Waals surface area contributed by atoms with Crippen LogP contribution in [0.2, 0.25) is 0 Å². The summed E-state index contributed by atoms with van der Waals surface area (Å²) in [5.74, 6) is 0.578. The molecule has 2 aromatic rings. The monoisotopic (exact) mass is 265 g/mol. The molecule has 0 saturated carbocycles. The molecule has 0 unspecified atom stereocenters.